The first-order valence-electron chi connectivity index (χ1n) is 6.79. The molecule has 92 valence electrons. The van der Waals surface area contributed by atoms with E-state index >= 15 is 0 Å². The van der Waals surface area contributed by atoms with Gasteiger partial charge in [-0.25, -0.2) is 0 Å². The Labute approximate surface area is 102 Å². The molecule has 1 saturated carbocycles. The molecule has 0 aromatic carbocycles. The molecule has 0 amide bonds. The molecule has 16 heavy (non-hydrogen) atoms. The van der Waals surface area contributed by atoms with Gasteiger partial charge in [0, 0.05) is 0 Å². The summed E-state index contributed by atoms with van der Waals surface area (Å²) in [7, 11) is 0. The third kappa shape index (κ3) is 4.15. The van der Waals surface area contributed by atoms with Gasteiger partial charge in [-0.1, -0.05) is 30.9 Å². The molecular weight excluding hydrogens is 192 g/mol. The standard InChI is InChI=1S/C16H28/c1-12(2)9-10-16-14(5)7-6-8-15(16)11-13(3)4/h14-16H,1,3,6-11H2,2,4-5H3. The Morgan fingerprint density at radius 3 is 2.38 bits per heavy atom. The summed E-state index contributed by atoms with van der Waals surface area (Å²) in [4.78, 5) is 0. The molecule has 0 N–H and O–H groups in total. The number of hydrogen-bond acceptors (Lipinski definition) is 0. The van der Waals surface area contributed by atoms with E-state index in [2.05, 4.69) is 33.9 Å². The van der Waals surface area contributed by atoms with Gasteiger partial charge in [-0.2, -0.15) is 0 Å². The lowest BCUT2D eigenvalue weighted by molar-refractivity contribution is 0.154. The largest absolute Gasteiger partial charge is 0.100 e. The summed E-state index contributed by atoms with van der Waals surface area (Å²) in [6, 6.07) is 0. The molecule has 3 unspecified atom stereocenters. The zero-order valence-electron chi connectivity index (χ0n) is 11.4. The normalized spacial score (nSPS) is 30.1. The third-order valence-corrected chi connectivity index (χ3v) is 4.09. The fourth-order valence-electron chi connectivity index (χ4n) is 3.23. The molecule has 1 aliphatic carbocycles. The highest BCUT2D eigenvalue weighted by molar-refractivity contribution is 4.96. The molecule has 0 radical (unpaired) electrons. The van der Waals surface area contributed by atoms with Crippen LogP contribution < -0.4 is 0 Å². The van der Waals surface area contributed by atoms with Crippen molar-refractivity contribution in [3.8, 4) is 0 Å². The lowest BCUT2D eigenvalue weighted by Gasteiger charge is -2.37. The van der Waals surface area contributed by atoms with Crippen molar-refractivity contribution in [2.24, 2.45) is 17.8 Å². The second-order valence-corrected chi connectivity index (χ2v) is 5.99. The quantitative estimate of drug-likeness (QED) is 0.547. The highest BCUT2D eigenvalue weighted by Gasteiger charge is 2.29. The molecule has 0 aliphatic heterocycles. The van der Waals surface area contributed by atoms with Crippen molar-refractivity contribution in [1.29, 1.82) is 0 Å². The molecule has 0 heterocycles. The van der Waals surface area contributed by atoms with Crippen molar-refractivity contribution < 1.29 is 0 Å². The van der Waals surface area contributed by atoms with Crippen LogP contribution in [0.1, 0.15) is 59.3 Å². The van der Waals surface area contributed by atoms with Gasteiger partial charge >= 0.3 is 0 Å². The van der Waals surface area contributed by atoms with E-state index in [1.54, 1.807) is 0 Å². The summed E-state index contributed by atoms with van der Waals surface area (Å²) < 4.78 is 0. The fourth-order valence-corrected chi connectivity index (χ4v) is 3.23. The van der Waals surface area contributed by atoms with Gasteiger partial charge in [0.2, 0.25) is 0 Å². The molecule has 3 atom stereocenters. The van der Waals surface area contributed by atoms with Crippen molar-refractivity contribution >= 4 is 0 Å². The SMILES string of the molecule is C=C(C)CCC1C(C)CCCC1CC(=C)C. The van der Waals surface area contributed by atoms with E-state index in [1.807, 2.05) is 0 Å². The van der Waals surface area contributed by atoms with Crippen molar-refractivity contribution in [2.75, 3.05) is 0 Å². The maximum absolute atomic E-state index is 4.09. The fraction of sp³-hybridized carbons (Fsp3) is 0.750. The lowest BCUT2D eigenvalue weighted by atomic mass is 9.69. The summed E-state index contributed by atoms with van der Waals surface area (Å²) >= 11 is 0. The van der Waals surface area contributed by atoms with Gasteiger partial charge in [-0.15, -0.1) is 13.2 Å². The van der Waals surface area contributed by atoms with Crippen LogP contribution in [0.5, 0.6) is 0 Å². The van der Waals surface area contributed by atoms with Gasteiger partial charge < -0.3 is 0 Å². The Kier molecular flexibility index (Phi) is 5.31. The zero-order valence-corrected chi connectivity index (χ0v) is 11.4. The summed E-state index contributed by atoms with van der Waals surface area (Å²) in [5, 5.41) is 0. The highest BCUT2D eigenvalue weighted by atomic mass is 14.3. The van der Waals surface area contributed by atoms with E-state index in [-0.39, 0.29) is 0 Å². The van der Waals surface area contributed by atoms with Gasteiger partial charge in [-0.05, 0) is 57.3 Å². The number of hydrogen-bond donors (Lipinski definition) is 0. The molecule has 0 nitrogen and oxygen atoms in total. The summed E-state index contributed by atoms with van der Waals surface area (Å²) in [6.07, 6.45) is 8.05. The lowest BCUT2D eigenvalue weighted by Crippen LogP contribution is -2.27. The molecule has 1 fully saturated rings. The molecule has 0 saturated heterocycles. The summed E-state index contributed by atoms with van der Waals surface area (Å²) in [5.41, 5.74) is 2.70. The minimum absolute atomic E-state index is 0.889. The molecule has 0 aromatic rings. The van der Waals surface area contributed by atoms with Crippen LogP contribution in [0.3, 0.4) is 0 Å². The molecular formula is C16H28. The Bertz CT molecular complexity index is 249. The van der Waals surface area contributed by atoms with Gasteiger partial charge in [-0.3, -0.25) is 0 Å². The van der Waals surface area contributed by atoms with Crippen LogP contribution in [-0.4, -0.2) is 0 Å². The van der Waals surface area contributed by atoms with Gasteiger partial charge in [0.05, 0.1) is 0 Å². The van der Waals surface area contributed by atoms with Crippen LogP contribution in [0.2, 0.25) is 0 Å². The van der Waals surface area contributed by atoms with E-state index < -0.39 is 0 Å². The van der Waals surface area contributed by atoms with Crippen LogP contribution >= 0.6 is 0 Å². The van der Waals surface area contributed by atoms with E-state index in [0.717, 1.165) is 17.8 Å². The highest BCUT2D eigenvalue weighted by Crippen LogP contribution is 2.40. The minimum Gasteiger partial charge on any atom is -0.100 e. The van der Waals surface area contributed by atoms with E-state index in [1.165, 1.54) is 49.7 Å². The van der Waals surface area contributed by atoms with Gasteiger partial charge in [0.1, 0.15) is 0 Å². The predicted molar refractivity (Wildman–Crippen MR) is 73.5 cm³/mol. The van der Waals surface area contributed by atoms with Crippen LogP contribution in [-0.2, 0) is 0 Å². The van der Waals surface area contributed by atoms with E-state index in [0.29, 0.717) is 0 Å². The second kappa shape index (κ2) is 6.27. The van der Waals surface area contributed by atoms with Crippen molar-refractivity contribution in [2.45, 2.75) is 59.3 Å². The maximum Gasteiger partial charge on any atom is -0.0295 e. The minimum atomic E-state index is 0.889. The van der Waals surface area contributed by atoms with Crippen LogP contribution in [0.15, 0.2) is 24.3 Å². The summed E-state index contributed by atoms with van der Waals surface area (Å²) in [5.74, 6) is 2.69. The van der Waals surface area contributed by atoms with Gasteiger partial charge in [0.25, 0.3) is 0 Å². The van der Waals surface area contributed by atoms with Crippen LogP contribution in [0.25, 0.3) is 0 Å². The molecule has 0 aromatic heterocycles. The van der Waals surface area contributed by atoms with Crippen LogP contribution in [0.4, 0.5) is 0 Å². The monoisotopic (exact) mass is 220 g/mol. The smallest absolute Gasteiger partial charge is 0.0295 e. The first-order chi connectivity index (χ1) is 7.50. The second-order valence-electron chi connectivity index (χ2n) is 5.99. The van der Waals surface area contributed by atoms with E-state index in [9.17, 15) is 0 Å². The topological polar surface area (TPSA) is 0 Å². The number of rotatable bonds is 5. The van der Waals surface area contributed by atoms with Crippen molar-refractivity contribution in [3.05, 3.63) is 24.3 Å². The number of allylic oxidation sites excluding steroid dienone is 2. The average Bonchev–Trinajstić information content (AvgIpc) is 2.15. The summed E-state index contributed by atoms with van der Waals surface area (Å²) in [6.45, 7) is 14.9. The molecule has 0 spiro atoms. The molecule has 1 aliphatic rings. The zero-order chi connectivity index (χ0) is 12.1. The first kappa shape index (κ1) is 13.5. The third-order valence-electron chi connectivity index (χ3n) is 4.09. The maximum atomic E-state index is 4.09. The van der Waals surface area contributed by atoms with Gasteiger partial charge in [0.15, 0.2) is 0 Å². The van der Waals surface area contributed by atoms with Crippen molar-refractivity contribution in [1.82, 2.24) is 0 Å². The Morgan fingerprint density at radius 2 is 1.81 bits per heavy atom. The van der Waals surface area contributed by atoms with Crippen molar-refractivity contribution in [3.63, 3.8) is 0 Å². The predicted octanol–water partition coefficient (Wildman–Crippen LogP) is 5.36. The Hall–Kier alpha value is -0.520. The Morgan fingerprint density at radius 1 is 1.12 bits per heavy atom. The molecule has 1 rings (SSSR count). The Balaban J connectivity index is 2.56. The van der Waals surface area contributed by atoms with E-state index in [4.69, 9.17) is 0 Å². The average molecular weight is 220 g/mol. The molecule has 0 heteroatoms. The molecule has 0 bridgehead atoms. The first-order valence-corrected chi connectivity index (χ1v) is 6.79. The van der Waals surface area contributed by atoms with Crippen LogP contribution in [0, 0.1) is 17.8 Å².